The molecule has 3 aliphatic heterocycles. The molecule has 4 rings (SSSR count). The van der Waals surface area contributed by atoms with Gasteiger partial charge in [-0.1, -0.05) is 12.1 Å². The van der Waals surface area contributed by atoms with Gasteiger partial charge in [0.1, 0.15) is 6.17 Å². The molecule has 1 aromatic rings. The van der Waals surface area contributed by atoms with Gasteiger partial charge in [-0.25, -0.2) is 0 Å². The van der Waals surface area contributed by atoms with Gasteiger partial charge in [0.15, 0.2) is 0 Å². The van der Waals surface area contributed by atoms with Crippen molar-refractivity contribution in [2.45, 2.75) is 38.3 Å². The van der Waals surface area contributed by atoms with Crippen molar-refractivity contribution in [3.8, 4) is 0 Å². The Kier molecular flexibility index (Phi) is 3.28. The molecule has 0 saturated carbocycles. The molecule has 0 radical (unpaired) electrons. The van der Waals surface area contributed by atoms with Crippen molar-refractivity contribution in [3.05, 3.63) is 29.8 Å². The minimum atomic E-state index is 0.101. The van der Waals surface area contributed by atoms with Gasteiger partial charge in [0.25, 0.3) is 5.91 Å². The van der Waals surface area contributed by atoms with Crippen LogP contribution in [0.25, 0.3) is 0 Å². The van der Waals surface area contributed by atoms with Gasteiger partial charge < -0.3 is 14.7 Å². The molecule has 2 amide bonds. The Morgan fingerprint density at radius 3 is 2.73 bits per heavy atom. The molecule has 0 unspecified atom stereocenters. The van der Waals surface area contributed by atoms with Gasteiger partial charge in [0.05, 0.1) is 17.9 Å². The van der Waals surface area contributed by atoms with E-state index >= 15 is 0 Å². The first kappa shape index (κ1) is 13.6. The van der Waals surface area contributed by atoms with Crippen LogP contribution in [-0.4, -0.2) is 47.5 Å². The number of rotatable bonds is 2. The van der Waals surface area contributed by atoms with Crippen LogP contribution in [0.1, 0.15) is 42.5 Å². The molecule has 22 heavy (non-hydrogen) atoms. The summed E-state index contributed by atoms with van der Waals surface area (Å²) in [7, 11) is 0. The maximum absolute atomic E-state index is 12.7. The number of hydrogen-bond acceptors (Lipinski definition) is 3. The number of hydrogen-bond donors (Lipinski definition) is 0. The average molecular weight is 299 g/mol. The summed E-state index contributed by atoms with van der Waals surface area (Å²) >= 11 is 0. The summed E-state index contributed by atoms with van der Waals surface area (Å²) < 4.78 is 0. The molecule has 5 nitrogen and oxygen atoms in total. The van der Waals surface area contributed by atoms with E-state index in [-0.39, 0.29) is 18.0 Å². The summed E-state index contributed by atoms with van der Waals surface area (Å²) in [6.45, 7) is 2.25. The van der Waals surface area contributed by atoms with Gasteiger partial charge >= 0.3 is 0 Å². The van der Waals surface area contributed by atoms with Crippen LogP contribution in [0, 0.1) is 0 Å². The predicted molar refractivity (Wildman–Crippen MR) is 83.4 cm³/mol. The summed E-state index contributed by atoms with van der Waals surface area (Å²) in [5, 5.41) is 0. The number of para-hydroxylation sites is 1. The van der Waals surface area contributed by atoms with E-state index in [1.165, 1.54) is 0 Å². The summed E-state index contributed by atoms with van der Waals surface area (Å²) in [6, 6.07) is 7.81. The maximum Gasteiger partial charge on any atom is 0.257 e. The third-order valence-electron chi connectivity index (χ3n) is 5.03. The fraction of sp³-hybridized carbons (Fsp3) is 0.529. The number of amides is 2. The normalized spacial score (nSPS) is 24.5. The predicted octanol–water partition coefficient (Wildman–Crippen LogP) is 2.04. The van der Waals surface area contributed by atoms with Crippen molar-refractivity contribution in [1.82, 2.24) is 9.80 Å². The van der Waals surface area contributed by atoms with E-state index < -0.39 is 0 Å². The average Bonchev–Trinajstić information content (AvgIpc) is 2.96. The third kappa shape index (κ3) is 2.07. The van der Waals surface area contributed by atoms with Crippen LogP contribution >= 0.6 is 0 Å². The van der Waals surface area contributed by atoms with Gasteiger partial charge in [-0.2, -0.15) is 0 Å². The molecule has 0 N–H and O–H groups in total. The molecule has 1 aromatic carbocycles. The summed E-state index contributed by atoms with van der Waals surface area (Å²) in [6.07, 6.45) is 4.90. The fourth-order valence-corrected chi connectivity index (χ4v) is 3.90. The molecule has 116 valence electrons. The highest BCUT2D eigenvalue weighted by Crippen LogP contribution is 2.35. The second-order valence-corrected chi connectivity index (χ2v) is 6.36. The van der Waals surface area contributed by atoms with Crippen molar-refractivity contribution in [3.63, 3.8) is 0 Å². The van der Waals surface area contributed by atoms with Gasteiger partial charge in [-0.05, 0) is 37.8 Å². The second kappa shape index (κ2) is 5.30. The SMILES string of the molecule is O=C1CCCN1CN1c2ccccc2C(=O)N2CCCC[C@@H]21. The van der Waals surface area contributed by atoms with E-state index in [2.05, 4.69) is 4.90 Å². The Morgan fingerprint density at radius 2 is 1.91 bits per heavy atom. The van der Waals surface area contributed by atoms with Gasteiger partial charge in [-0.3, -0.25) is 9.59 Å². The van der Waals surface area contributed by atoms with Gasteiger partial charge in [-0.15, -0.1) is 0 Å². The fourth-order valence-electron chi connectivity index (χ4n) is 3.90. The van der Waals surface area contributed by atoms with Crippen LogP contribution in [0.3, 0.4) is 0 Å². The number of benzene rings is 1. The van der Waals surface area contributed by atoms with E-state index in [0.29, 0.717) is 13.1 Å². The minimum absolute atomic E-state index is 0.101. The molecule has 0 aliphatic carbocycles. The molecule has 5 heteroatoms. The lowest BCUT2D eigenvalue weighted by molar-refractivity contribution is -0.127. The lowest BCUT2D eigenvalue weighted by atomic mass is 9.99. The van der Waals surface area contributed by atoms with Crippen molar-refractivity contribution in [2.24, 2.45) is 0 Å². The smallest absolute Gasteiger partial charge is 0.257 e. The van der Waals surface area contributed by atoms with E-state index in [4.69, 9.17) is 0 Å². The first-order valence-electron chi connectivity index (χ1n) is 8.20. The van der Waals surface area contributed by atoms with Gasteiger partial charge in [0, 0.05) is 19.5 Å². The van der Waals surface area contributed by atoms with Crippen molar-refractivity contribution in [2.75, 3.05) is 24.7 Å². The first-order chi connectivity index (χ1) is 10.8. The Balaban J connectivity index is 1.71. The van der Waals surface area contributed by atoms with Crippen LogP contribution in [0.2, 0.25) is 0 Å². The molecular weight excluding hydrogens is 278 g/mol. The van der Waals surface area contributed by atoms with Crippen molar-refractivity contribution in [1.29, 1.82) is 0 Å². The van der Waals surface area contributed by atoms with E-state index in [1.54, 1.807) is 0 Å². The Bertz CT molecular complexity index is 616. The van der Waals surface area contributed by atoms with Crippen LogP contribution in [0.4, 0.5) is 5.69 Å². The Labute approximate surface area is 130 Å². The van der Waals surface area contributed by atoms with Crippen LogP contribution in [-0.2, 0) is 4.79 Å². The molecule has 0 bridgehead atoms. The zero-order valence-corrected chi connectivity index (χ0v) is 12.7. The topological polar surface area (TPSA) is 43.9 Å². The molecule has 3 heterocycles. The maximum atomic E-state index is 12.7. The summed E-state index contributed by atoms with van der Waals surface area (Å²) in [5.74, 6) is 0.376. The number of carbonyl (C=O) groups is 2. The molecule has 2 fully saturated rings. The second-order valence-electron chi connectivity index (χ2n) is 6.36. The monoisotopic (exact) mass is 299 g/mol. The number of nitrogens with zero attached hydrogens (tertiary/aromatic N) is 3. The lowest BCUT2D eigenvalue weighted by Gasteiger charge is -2.48. The first-order valence-corrected chi connectivity index (χ1v) is 8.20. The molecule has 0 spiro atoms. The molecular formula is C17H21N3O2. The number of piperidine rings is 1. The van der Waals surface area contributed by atoms with E-state index in [9.17, 15) is 9.59 Å². The third-order valence-corrected chi connectivity index (χ3v) is 5.03. The van der Waals surface area contributed by atoms with Gasteiger partial charge in [0.2, 0.25) is 5.91 Å². The van der Waals surface area contributed by atoms with E-state index in [0.717, 1.165) is 50.0 Å². The number of anilines is 1. The minimum Gasteiger partial charge on any atom is -0.332 e. The lowest BCUT2D eigenvalue weighted by Crippen LogP contribution is -2.59. The summed E-state index contributed by atoms with van der Waals surface area (Å²) in [4.78, 5) is 30.9. The standard InChI is InChI=1S/C17H21N3O2/c21-16-9-5-10-18(16)12-20-14-7-2-1-6-13(14)17(22)19-11-4-3-8-15(19)20/h1-2,6-7,15H,3-5,8-12H2/t15-/m0/s1. The molecule has 3 aliphatic rings. The number of fused-ring (bicyclic) bond motifs is 2. The Morgan fingerprint density at radius 1 is 1.05 bits per heavy atom. The largest absolute Gasteiger partial charge is 0.332 e. The number of carbonyl (C=O) groups excluding carboxylic acids is 2. The Hall–Kier alpha value is -2.04. The van der Waals surface area contributed by atoms with Crippen molar-refractivity contribution < 1.29 is 9.59 Å². The molecule has 0 aromatic heterocycles. The zero-order chi connectivity index (χ0) is 15.1. The highest BCUT2D eigenvalue weighted by molar-refractivity contribution is 6.02. The summed E-state index contributed by atoms with van der Waals surface area (Å²) in [5.41, 5.74) is 1.75. The molecule has 2 saturated heterocycles. The quantitative estimate of drug-likeness (QED) is 0.839. The molecule has 1 atom stereocenters. The number of likely N-dealkylation sites (tertiary alicyclic amines) is 1. The van der Waals surface area contributed by atoms with E-state index in [1.807, 2.05) is 34.1 Å². The van der Waals surface area contributed by atoms with Crippen LogP contribution < -0.4 is 4.90 Å². The highest BCUT2D eigenvalue weighted by Gasteiger charge is 2.39. The van der Waals surface area contributed by atoms with Crippen molar-refractivity contribution >= 4 is 17.5 Å². The van der Waals surface area contributed by atoms with Crippen LogP contribution in [0.15, 0.2) is 24.3 Å². The highest BCUT2D eigenvalue weighted by atomic mass is 16.2. The zero-order valence-electron chi connectivity index (χ0n) is 12.7. The van der Waals surface area contributed by atoms with Crippen LogP contribution in [0.5, 0.6) is 0 Å².